The van der Waals surface area contributed by atoms with Gasteiger partial charge in [-0.15, -0.1) is 0 Å². The number of amides is 1. The molecule has 0 radical (unpaired) electrons. The number of rotatable bonds is 4. The molecule has 5 N–H and O–H groups in total. The SMILES string of the molecule is CNC(=O)Oc1ccc(O[C@@H]2O[C@H](CO)[C@@H](O)[C@H](O)[C@H]2O)c2ccccc12. The van der Waals surface area contributed by atoms with Crippen molar-refractivity contribution in [2.45, 2.75) is 30.7 Å². The van der Waals surface area contributed by atoms with Crippen molar-refractivity contribution >= 4 is 16.9 Å². The van der Waals surface area contributed by atoms with Crippen LogP contribution in [0.2, 0.25) is 0 Å². The molecule has 9 nitrogen and oxygen atoms in total. The molecule has 1 aliphatic heterocycles. The van der Waals surface area contributed by atoms with E-state index in [1.54, 1.807) is 24.3 Å². The second-order valence-corrected chi connectivity index (χ2v) is 6.06. The number of hydrogen-bond donors (Lipinski definition) is 5. The summed E-state index contributed by atoms with van der Waals surface area (Å²) in [4.78, 5) is 11.5. The van der Waals surface area contributed by atoms with Crippen molar-refractivity contribution in [3.8, 4) is 11.5 Å². The molecule has 0 unspecified atom stereocenters. The normalized spacial score (nSPS) is 28.0. The molecule has 0 bridgehead atoms. The molecule has 0 aliphatic carbocycles. The molecule has 146 valence electrons. The van der Waals surface area contributed by atoms with E-state index in [4.69, 9.17) is 14.2 Å². The van der Waals surface area contributed by atoms with E-state index in [9.17, 15) is 25.2 Å². The molecule has 2 aromatic carbocycles. The molecule has 5 atom stereocenters. The fourth-order valence-electron chi connectivity index (χ4n) is 2.88. The van der Waals surface area contributed by atoms with Crippen LogP contribution in [0.25, 0.3) is 10.8 Å². The number of carbonyl (C=O) groups is 1. The summed E-state index contributed by atoms with van der Waals surface area (Å²) in [6, 6.07) is 10.0. The minimum atomic E-state index is -1.54. The Morgan fingerprint density at radius 1 is 1.04 bits per heavy atom. The van der Waals surface area contributed by atoms with E-state index in [-0.39, 0.29) is 0 Å². The Balaban J connectivity index is 1.91. The maximum absolute atomic E-state index is 11.5. The number of fused-ring (bicyclic) bond motifs is 1. The van der Waals surface area contributed by atoms with Gasteiger partial charge in [0.05, 0.1) is 6.61 Å². The van der Waals surface area contributed by atoms with Crippen LogP contribution < -0.4 is 14.8 Å². The van der Waals surface area contributed by atoms with E-state index in [2.05, 4.69) is 5.32 Å². The molecule has 0 spiro atoms. The lowest BCUT2D eigenvalue weighted by Gasteiger charge is -2.39. The van der Waals surface area contributed by atoms with Crippen LogP contribution in [0.3, 0.4) is 0 Å². The summed E-state index contributed by atoms with van der Waals surface area (Å²) in [6.45, 7) is -0.551. The van der Waals surface area contributed by atoms with E-state index in [0.29, 0.717) is 22.3 Å². The summed E-state index contributed by atoms with van der Waals surface area (Å²) >= 11 is 0. The predicted molar refractivity (Wildman–Crippen MR) is 93.4 cm³/mol. The van der Waals surface area contributed by atoms with Crippen molar-refractivity contribution in [1.82, 2.24) is 5.32 Å². The monoisotopic (exact) mass is 379 g/mol. The highest BCUT2D eigenvalue weighted by Crippen LogP contribution is 2.35. The summed E-state index contributed by atoms with van der Waals surface area (Å²) in [5.41, 5.74) is 0. The van der Waals surface area contributed by atoms with Crippen LogP contribution in [0.5, 0.6) is 11.5 Å². The van der Waals surface area contributed by atoms with E-state index >= 15 is 0 Å². The third kappa shape index (κ3) is 3.82. The minimum Gasteiger partial charge on any atom is -0.461 e. The number of aliphatic hydroxyl groups is 4. The molecule has 1 amide bonds. The van der Waals surface area contributed by atoms with Crippen LogP contribution in [0.15, 0.2) is 36.4 Å². The van der Waals surface area contributed by atoms with Gasteiger partial charge in [-0.2, -0.15) is 0 Å². The molecule has 1 aliphatic rings. The summed E-state index contributed by atoms with van der Waals surface area (Å²) < 4.78 is 16.3. The zero-order valence-electron chi connectivity index (χ0n) is 14.5. The Bertz CT molecular complexity index is 811. The van der Waals surface area contributed by atoms with E-state index in [1.807, 2.05) is 0 Å². The van der Waals surface area contributed by atoms with Gasteiger partial charge in [0.15, 0.2) is 0 Å². The third-order valence-electron chi connectivity index (χ3n) is 4.34. The first-order valence-electron chi connectivity index (χ1n) is 8.34. The van der Waals surface area contributed by atoms with Crippen LogP contribution in [0, 0.1) is 0 Å². The average molecular weight is 379 g/mol. The van der Waals surface area contributed by atoms with Crippen LogP contribution in [-0.2, 0) is 4.74 Å². The predicted octanol–water partition coefficient (Wildman–Crippen LogP) is -0.263. The van der Waals surface area contributed by atoms with Crippen molar-refractivity contribution in [1.29, 1.82) is 0 Å². The van der Waals surface area contributed by atoms with Crippen molar-refractivity contribution in [3.63, 3.8) is 0 Å². The molecule has 9 heteroatoms. The van der Waals surface area contributed by atoms with E-state index in [0.717, 1.165) is 0 Å². The Hall–Kier alpha value is -2.43. The average Bonchev–Trinajstić information content (AvgIpc) is 2.69. The van der Waals surface area contributed by atoms with E-state index < -0.39 is 43.4 Å². The lowest BCUT2D eigenvalue weighted by atomic mass is 9.99. The van der Waals surface area contributed by atoms with Crippen molar-refractivity contribution in [2.75, 3.05) is 13.7 Å². The van der Waals surface area contributed by atoms with Crippen molar-refractivity contribution in [2.24, 2.45) is 0 Å². The van der Waals surface area contributed by atoms with Gasteiger partial charge in [0.25, 0.3) is 0 Å². The number of ether oxygens (including phenoxy) is 3. The molecule has 2 aromatic rings. The van der Waals surface area contributed by atoms with Gasteiger partial charge in [-0.25, -0.2) is 4.79 Å². The Morgan fingerprint density at radius 3 is 2.30 bits per heavy atom. The largest absolute Gasteiger partial charge is 0.461 e. The maximum Gasteiger partial charge on any atom is 0.412 e. The highest BCUT2D eigenvalue weighted by atomic mass is 16.7. The van der Waals surface area contributed by atoms with Crippen LogP contribution in [-0.4, -0.2) is 70.9 Å². The number of benzene rings is 2. The molecule has 1 heterocycles. The first kappa shape index (κ1) is 19.3. The summed E-state index contributed by atoms with van der Waals surface area (Å²) in [5.74, 6) is 0.616. The van der Waals surface area contributed by atoms with Gasteiger partial charge in [-0.3, -0.25) is 0 Å². The molecule has 1 saturated heterocycles. The van der Waals surface area contributed by atoms with Crippen molar-refractivity contribution < 1.29 is 39.4 Å². The van der Waals surface area contributed by atoms with Gasteiger partial charge in [0, 0.05) is 17.8 Å². The molecular weight excluding hydrogens is 358 g/mol. The highest BCUT2D eigenvalue weighted by Gasteiger charge is 2.44. The number of hydrogen-bond acceptors (Lipinski definition) is 8. The van der Waals surface area contributed by atoms with E-state index in [1.165, 1.54) is 19.2 Å². The van der Waals surface area contributed by atoms with Crippen LogP contribution >= 0.6 is 0 Å². The lowest BCUT2D eigenvalue weighted by Crippen LogP contribution is -2.60. The quantitative estimate of drug-likeness (QED) is 0.490. The topological polar surface area (TPSA) is 138 Å². The minimum absolute atomic E-state index is 0.305. The van der Waals surface area contributed by atoms with Gasteiger partial charge in [-0.05, 0) is 12.1 Å². The zero-order valence-corrected chi connectivity index (χ0v) is 14.5. The van der Waals surface area contributed by atoms with Gasteiger partial charge in [0.1, 0.15) is 35.9 Å². The van der Waals surface area contributed by atoms with Crippen LogP contribution in [0.4, 0.5) is 4.79 Å². The standard InChI is InChI=1S/C18H21NO8/c1-19-18(24)27-12-7-6-11(9-4-2-3-5-10(9)12)25-17-16(23)15(22)14(21)13(8-20)26-17/h2-7,13-17,20-23H,8H2,1H3,(H,19,24)/t13-,14-,15+,16-,17-/m1/s1. The first-order chi connectivity index (χ1) is 13.0. The molecule has 1 fully saturated rings. The molecule has 3 rings (SSSR count). The lowest BCUT2D eigenvalue weighted by molar-refractivity contribution is -0.277. The smallest absolute Gasteiger partial charge is 0.412 e. The molecule has 0 aromatic heterocycles. The highest BCUT2D eigenvalue weighted by molar-refractivity contribution is 5.94. The molecular formula is C18H21NO8. The second kappa shape index (κ2) is 8.07. The summed E-state index contributed by atoms with van der Waals surface area (Å²) in [6.07, 6.45) is -7.54. The number of aliphatic hydroxyl groups excluding tert-OH is 4. The van der Waals surface area contributed by atoms with Gasteiger partial charge >= 0.3 is 6.09 Å². The maximum atomic E-state index is 11.5. The van der Waals surface area contributed by atoms with Gasteiger partial charge in [0.2, 0.25) is 6.29 Å². The molecule has 27 heavy (non-hydrogen) atoms. The fraction of sp³-hybridized carbons (Fsp3) is 0.389. The number of carbonyl (C=O) groups excluding carboxylic acids is 1. The van der Waals surface area contributed by atoms with Crippen LogP contribution in [0.1, 0.15) is 0 Å². The van der Waals surface area contributed by atoms with Crippen molar-refractivity contribution in [3.05, 3.63) is 36.4 Å². The fourth-order valence-corrected chi connectivity index (χ4v) is 2.88. The Labute approximate surface area is 154 Å². The summed E-state index contributed by atoms with van der Waals surface area (Å²) in [5, 5.41) is 42.7. The van der Waals surface area contributed by atoms with Gasteiger partial charge in [-0.1, -0.05) is 24.3 Å². The molecule has 0 saturated carbocycles. The van der Waals surface area contributed by atoms with Gasteiger partial charge < -0.3 is 40.0 Å². The Kier molecular flexibility index (Phi) is 5.78. The Morgan fingerprint density at radius 2 is 1.67 bits per heavy atom. The third-order valence-corrected chi connectivity index (χ3v) is 4.34. The summed E-state index contributed by atoms with van der Waals surface area (Å²) in [7, 11) is 1.45. The second-order valence-electron chi connectivity index (χ2n) is 6.06. The number of nitrogens with one attached hydrogen (secondary N) is 1. The first-order valence-corrected chi connectivity index (χ1v) is 8.34. The zero-order chi connectivity index (χ0) is 19.6.